The molecule has 5 nitrogen and oxygen atoms in total. The number of carbonyl (C=O) groups is 1. The van der Waals surface area contributed by atoms with E-state index in [1.807, 2.05) is 0 Å². The third-order valence-corrected chi connectivity index (χ3v) is 2.82. The second-order valence-electron chi connectivity index (χ2n) is 3.83. The summed E-state index contributed by atoms with van der Waals surface area (Å²) in [6.45, 7) is 1.76. The highest BCUT2D eigenvalue weighted by molar-refractivity contribution is 9.10. The highest BCUT2D eigenvalue weighted by atomic mass is 79.9. The van der Waals surface area contributed by atoms with Gasteiger partial charge >= 0.3 is 0 Å². The Morgan fingerprint density at radius 3 is 2.83 bits per heavy atom. The first-order chi connectivity index (χ1) is 8.42. The molecule has 1 atom stereocenters. The van der Waals surface area contributed by atoms with Crippen LogP contribution in [0.2, 0.25) is 5.02 Å². The number of amides is 1. The van der Waals surface area contributed by atoms with Crippen molar-refractivity contribution in [2.45, 2.75) is 19.4 Å². The normalized spacial score (nSPS) is 13.2. The minimum atomic E-state index is -0.267. The number of rotatable bonds is 4. The number of nitrogens with one attached hydrogen (secondary N) is 1. The van der Waals surface area contributed by atoms with Gasteiger partial charge in [-0.15, -0.1) is 0 Å². The maximum Gasteiger partial charge on any atom is 0.251 e. The summed E-state index contributed by atoms with van der Waals surface area (Å²) >= 11 is 9.12. The fourth-order valence-electron chi connectivity index (χ4n) is 1.40. The van der Waals surface area contributed by atoms with Crippen molar-refractivity contribution in [2.75, 3.05) is 0 Å². The lowest BCUT2D eigenvalue weighted by atomic mass is 10.1. The monoisotopic (exact) mass is 333 g/mol. The first-order valence-corrected chi connectivity index (χ1v) is 6.33. The summed E-state index contributed by atoms with van der Waals surface area (Å²) in [5.74, 6) is -0.202. The van der Waals surface area contributed by atoms with Gasteiger partial charge in [0.2, 0.25) is 0 Å². The van der Waals surface area contributed by atoms with Crippen LogP contribution >= 0.6 is 27.5 Å². The van der Waals surface area contributed by atoms with Crippen molar-refractivity contribution in [3.8, 4) is 0 Å². The second kappa shape index (κ2) is 6.61. The molecule has 0 aromatic heterocycles. The number of carbonyl (C=O) groups excluding carboxylic acids is 1. The van der Waals surface area contributed by atoms with E-state index in [1.165, 1.54) is 0 Å². The van der Waals surface area contributed by atoms with Crippen LogP contribution in [0, 0.1) is 0 Å². The molecule has 0 saturated heterocycles. The number of oxime groups is 1. The molecule has 1 aromatic rings. The third-order valence-electron chi connectivity index (χ3n) is 2.15. The van der Waals surface area contributed by atoms with E-state index in [4.69, 9.17) is 22.5 Å². The van der Waals surface area contributed by atoms with Crippen LogP contribution in [0.3, 0.4) is 0 Å². The topological polar surface area (TPSA) is 87.7 Å². The standard InChI is InChI=1S/C11H13BrClN3O2/c1-6(2-10(14)16-18)15-11(17)7-3-8(12)5-9(13)4-7/h3-6,18H,2H2,1H3,(H2,14,16)(H,15,17). The van der Waals surface area contributed by atoms with E-state index >= 15 is 0 Å². The summed E-state index contributed by atoms with van der Waals surface area (Å²) in [6.07, 6.45) is 0.268. The summed E-state index contributed by atoms with van der Waals surface area (Å²) in [5.41, 5.74) is 5.80. The molecule has 1 unspecified atom stereocenters. The smallest absolute Gasteiger partial charge is 0.251 e. The van der Waals surface area contributed by atoms with Gasteiger partial charge in [-0.25, -0.2) is 0 Å². The van der Waals surface area contributed by atoms with Gasteiger partial charge in [0, 0.05) is 27.5 Å². The summed E-state index contributed by atoms with van der Waals surface area (Å²) in [6, 6.07) is 4.68. The maximum atomic E-state index is 11.9. The number of benzene rings is 1. The molecule has 0 bridgehead atoms. The summed E-state index contributed by atoms with van der Waals surface area (Å²) in [5, 5.41) is 14.5. The maximum absolute atomic E-state index is 11.9. The van der Waals surface area contributed by atoms with Gasteiger partial charge in [-0.2, -0.15) is 0 Å². The van der Waals surface area contributed by atoms with E-state index in [0.717, 1.165) is 4.47 Å². The van der Waals surface area contributed by atoms with Crippen LogP contribution in [0.15, 0.2) is 27.8 Å². The third kappa shape index (κ3) is 4.54. The highest BCUT2D eigenvalue weighted by Crippen LogP contribution is 2.19. The zero-order valence-corrected chi connectivity index (χ0v) is 12.0. The molecule has 4 N–H and O–H groups in total. The summed E-state index contributed by atoms with van der Waals surface area (Å²) < 4.78 is 0.726. The molecule has 98 valence electrons. The minimum absolute atomic E-state index is 0.0649. The molecular formula is C11H13BrClN3O2. The number of amidine groups is 1. The second-order valence-corrected chi connectivity index (χ2v) is 5.18. The first-order valence-electron chi connectivity index (χ1n) is 5.15. The lowest BCUT2D eigenvalue weighted by molar-refractivity contribution is 0.0941. The zero-order valence-electron chi connectivity index (χ0n) is 9.65. The van der Waals surface area contributed by atoms with Crippen molar-refractivity contribution in [1.82, 2.24) is 5.32 Å². The molecule has 7 heteroatoms. The van der Waals surface area contributed by atoms with Gasteiger partial charge in [-0.1, -0.05) is 32.7 Å². The van der Waals surface area contributed by atoms with Crippen LogP contribution in [0.25, 0.3) is 0 Å². The van der Waals surface area contributed by atoms with E-state index in [0.29, 0.717) is 10.6 Å². The number of hydrogen-bond donors (Lipinski definition) is 3. The van der Waals surface area contributed by atoms with Crippen LogP contribution in [-0.2, 0) is 0 Å². The van der Waals surface area contributed by atoms with Gasteiger partial charge in [-0.05, 0) is 25.1 Å². The molecule has 0 spiro atoms. The molecule has 1 rings (SSSR count). The van der Waals surface area contributed by atoms with Crippen molar-refractivity contribution >= 4 is 39.3 Å². The van der Waals surface area contributed by atoms with Crippen LogP contribution in [-0.4, -0.2) is 23.0 Å². The zero-order chi connectivity index (χ0) is 13.7. The van der Waals surface area contributed by atoms with Crippen LogP contribution in [0.1, 0.15) is 23.7 Å². The Kier molecular flexibility index (Phi) is 5.43. The van der Waals surface area contributed by atoms with Crippen LogP contribution in [0.5, 0.6) is 0 Å². The molecule has 18 heavy (non-hydrogen) atoms. The molecule has 0 aliphatic carbocycles. The predicted molar refractivity (Wildman–Crippen MR) is 74.1 cm³/mol. The Labute approximate surface area is 118 Å². The molecule has 1 amide bonds. The van der Waals surface area contributed by atoms with Crippen molar-refractivity contribution in [2.24, 2.45) is 10.9 Å². The minimum Gasteiger partial charge on any atom is -0.409 e. The molecule has 0 fully saturated rings. The Balaban J connectivity index is 2.70. The van der Waals surface area contributed by atoms with Crippen LogP contribution in [0.4, 0.5) is 0 Å². The van der Waals surface area contributed by atoms with Gasteiger partial charge in [0.1, 0.15) is 5.84 Å². The van der Waals surface area contributed by atoms with E-state index < -0.39 is 0 Å². The Morgan fingerprint density at radius 2 is 2.28 bits per heavy atom. The average Bonchev–Trinajstić information content (AvgIpc) is 2.27. The number of nitrogens with two attached hydrogens (primary N) is 1. The lowest BCUT2D eigenvalue weighted by Gasteiger charge is -2.13. The molecule has 0 heterocycles. The van der Waals surface area contributed by atoms with Gasteiger partial charge in [-0.3, -0.25) is 4.79 Å². The van der Waals surface area contributed by atoms with Gasteiger partial charge in [0.15, 0.2) is 0 Å². The van der Waals surface area contributed by atoms with Crippen molar-refractivity contribution < 1.29 is 10.0 Å². The molecule has 1 aromatic carbocycles. The van der Waals surface area contributed by atoms with E-state index in [2.05, 4.69) is 26.4 Å². The SMILES string of the molecule is CC(C/C(N)=N/O)NC(=O)c1cc(Cl)cc(Br)c1. The predicted octanol–water partition coefficient (Wildman–Crippen LogP) is 2.36. The van der Waals surface area contributed by atoms with Gasteiger partial charge < -0.3 is 16.3 Å². The largest absolute Gasteiger partial charge is 0.409 e. The molecule has 0 aliphatic heterocycles. The van der Waals surface area contributed by atoms with Gasteiger partial charge in [0.05, 0.1) is 0 Å². The highest BCUT2D eigenvalue weighted by Gasteiger charge is 2.12. The van der Waals surface area contributed by atoms with Crippen molar-refractivity contribution in [3.05, 3.63) is 33.3 Å². The fraction of sp³-hybridized carbons (Fsp3) is 0.273. The number of halogens is 2. The lowest BCUT2D eigenvalue weighted by Crippen LogP contribution is -2.35. The summed E-state index contributed by atoms with van der Waals surface area (Å²) in [4.78, 5) is 11.9. The Hall–Kier alpha value is -1.27. The average molecular weight is 335 g/mol. The summed E-state index contributed by atoms with van der Waals surface area (Å²) in [7, 11) is 0. The Bertz CT molecular complexity index is 459. The van der Waals surface area contributed by atoms with E-state index in [9.17, 15) is 4.79 Å². The van der Waals surface area contributed by atoms with Crippen LogP contribution < -0.4 is 11.1 Å². The first kappa shape index (κ1) is 14.8. The Morgan fingerprint density at radius 1 is 1.61 bits per heavy atom. The number of hydrogen-bond acceptors (Lipinski definition) is 3. The van der Waals surface area contributed by atoms with E-state index in [1.54, 1.807) is 25.1 Å². The number of nitrogens with zero attached hydrogens (tertiary/aromatic N) is 1. The quantitative estimate of drug-likeness (QED) is 0.342. The van der Waals surface area contributed by atoms with Gasteiger partial charge in [0.25, 0.3) is 5.91 Å². The fourth-order valence-corrected chi connectivity index (χ4v) is 2.26. The molecule has 0 aliphatic rings. The molecule has 0 radical (unpaired) electrons. The van der Waals surface area contributed by atoms with Crippen molar-refractivity contribution in [3.63, 3.8) is 0 Å². The van der Waals surface area contributed by atoms with E-state index in [-0.39, 0.29) is 24.2 Å². The molecular weight excluding hydrogens is 321 g/mol. The van der Waals surface area contributed by atoms with Crippen molar-refractivity contribution in [1.29, 1.82) is 0 Å². The molecule has 0 saturated carbocycles.